The quantitative estimate of drug-likeness (QED) is 0.850. The fourth-order valence-electron chi connectivity index (χ4n) is 2.66. The average molecular weight is 278 g/mol. The summed E-state index contributed by atoms with van der Waals surface area (Å²) in [5.74, 6) is 1.76. The third-order valence-electron chi connectivity index (χ3n) is 3.98. The second-order valence-corrected chi connectivity index (χ2v) is 5.95. The Morgan fingerprint density at radius 3 is 2.80 bits per heavy atom. The van der Waals surface area contributed by atoms with Crippen LogP contribution in [0.1, 0.15) is 25.3 Å². The van der Waals surface area contributed by atoms with E-state index in [1.165, 1.54) is 6.33 Å². The van der Waals surface area contributed by atoms with Gasteiger partial charge in [-0.05, 0) is 20.0 Å². The molecule has 1 aliphatic heterocycles. The number of nitrogens with two attached hydrogens (primary N) is 1. The first-order valence-corrected chi connectivity index (χ1v) is 7.22. The number of piperazine rings is 1. The minimum atomic E-state index is 0.311. The van der Waals surface area contributed by atoms with Crippen LogP contribution < -0.4 is 11.1 Å². The van der Waals surface area contributed by atoms with E-state index in [0.717, 1.165) is 37.6 Å². The van der Waals surface area contributed by atoms with Gasteiger partial charge in [-0.1, -0.05) is 13.8 Å². The summed E-state index contributed by atoms with van der Waals surface area (Å²) in [6.45, 7) is 8.40. The maximum atomic E-state index is 5.97. The Morgan fingerprint density at radius 2 is 2.10 bits per heavy atom. The van der Waals surface area contributed by atoms with Crippen LogP contribution in [0.25, 0.3) is 0 Å². The molecular formula is C14H26N6. The first kappa shape index (κ1) is 15.0. The van der Waals surface area contributed by atoms with Gasteiger partial charge in [0.25, 0.3) is 0 Å². The van der Waals surface area contributed by atoms with Crippen LogP contribution in [0.4, 0.5) is 11.6 Å². The lowest BCUT2D eigenvalue weighted by atomic mass is 10.0. The fraction of sp³-hybridized carbons (Fsp3) is 0.714. The van der Waals surface area contributed by atoms with Gasteiger partial charge in [-0.2, -0.15) is 0 Å². The molecule has 1 aliphatic rings. The van der Waals surface area contributed by atoms with Gasteiger partial charge >= 0.3 is 0 Å². The molecule has 112 valence electrons. The highest BCUT2D eigenvalue weighted by Crippen LogP contribution is 2.26. The van der Waals surface area contributed by atoms with Crippen LogP contribution >= 0.6 is 0 Å². The molecule has 0 aliphatic carbocycles. The molecule has 2 heterocycles. The normalized spacial score (nSPS) is 21.4. The van der Waals surface area contributed by atoms with Gasteiger partial charge in [0.1, 0.15) is 18.0 Å². The lowest BCUT2D eigenvalue weighted by Crippen LogP contribution is -2.52. The summed E-state index contributed by atoms with van der Waals surface area (Å²) in [5, 5.41) is 3.46. The summed E-state index contributed by atoms with van der Waals surface area (Å²) < 4.78 is 0. The van der Waals surface area contributed by atoms with E-state index < -0.39 is 0 Å². The van der Waals surface area contributed by atoms with Crippen molar-refractivity contribution < 1.29 is 0 Å². The molecule has 6 nitrogen and oxygen atoms in total. The summed E-state index contributed by atoms with van der Waals surface area (Å²) in [6.07, 6.45) is 1.53. The van der Waals surface area contributed by atoms with Crippen molar-refractivity contribution >= 4 is 11.6 Å². The van der Waals surface area contributed by atoms with Crippen LogP contribution in [0.2, 0.25) is 0 Å². The smallest absolute Gasteiger partial charge is 0.135 e. The van der Waals surface area contributed by atoms with Crippen molar-refractivity contribution in [3.05, 3.63) is 11.9 Å². The lowest BCUT2D eigenvalue weighted by Gasteiger charge is -2.37. The van der Waals surface area contributed by atoms with E-state index in [1.54, 1.807) is 0 Å². The molecule has 1 saturated heterocycles. The predicted octanol–water partition coefficient (Wildman–Crippen LogP) is 0.840. The van der Waals surface area contributed by atoms with E-state index in [0.29, 0.717) is 17.8 Å². The highest BCUT2D eigenvalue weighted by molar-refractivity contribution is 5.56. The van der Waals surface area contributed by atoms with Crippen LogP contribution in [0.5, 0.6) is 0 Å². The Kier molecular flexibility index (Phi) is 4.77. The van der Waals surface area contributed by atoms with Crippen molar-refractivity contribution in [1.82, 2.24) is 19.8 Å². The van der Waals surface area contributed by atoms with Crippen LogP contribution in [-0.2, 0) is 0 Å². The van der Waals surface area contributed by atoms with Crippen molar-refractivity contribution in [3.8, 4) is 0 Å². The molecule has 0 spiro atoms. The number of nitrogen functional groups attached to an aromatic ring is 1. The first-order chi connectivity index (χ1) is 9.49. The lowest BCUT2D eigenvalue weighted by molar-refractivity contribution is 0.122. The number of anilines is 2. The van der Waals surface area contributed by atoms with E-state index in [1.807, 2.05) is 0 Å². The minimum Gasteiger partial charge on any atom is -0.383 e. The van der Waals surface area contributed by atoms with Gasteiger partial charge in [0, 0.05) is 37.8 Å². The van der Waals surface area contributed by atoms with E-state index in [2.05, 4.69) is 53.0 Å². The maximum Gasteiger partial charge on any atom is 0.135 e. The maximum absolute atomic E-state index is 5.97. The Hall–Kier alpha value is -1.40. The van der Waals surface area contributed by atoms with E-state index in [-0.39, 0.29) is 0 Å². The van der Waals surface area contributed by atoms with Crippen LogP contribution in [0.3, 0.4) is 0 Å². The second kappa shape index (κ2) is 6.37. The Morgan fingerprint density at radius 1 is 1.35 bits per heavy atom. The molecule has 1 aromatic heterocycles. The summed E-state index contributed by atoms with van der Waals surface area (Å²) in [7, 11) is 4.35. The molecule has 0 bridgehead atoms. The van der Waals surface area contributed by atoms with Gasteiger partial charge < -0.3 is 16.0 Å². The number of likely N-dealkylation sites (N-methyl/N-ethyl adjacent to an activating group) is 2. The van der Waals surface area contributed by atoms with Crippen molar-refractivity contribution in [3.63, 3.8) is 0 Å². The topological polar surface area (TPSA) is 70.3 Å². The Bertz CT molecular complexity index is 447. The van der Waals surface area contributed by atoms with Crippen LogP contribution in [-0.4, -0.2) is 66.1 Å². The summed E-state index contributed by atoms with van der Waals surface area (Å²) in [6, 6.07) is 0.491. The largest absolute Gasteiger partial charge is 0.383 e. The number of aromatic nitrogens is 2. The zero-order chi connectivity index (χ0) is 14.7. The molecule has 1 atom stereocenters. The SMILES string of the molecule is CC(C)c1c(N)ncnc1NCC1CN(C)CCN1C. The molecule has 0 radical (unpaired) electrons. The van der Waals surface area contributed by atoms with Gasteiger partial charge in [-0.25, -0.2) is 9.97 Å². The standard InChI is InChI=1S/C14H26N6/c1-10(2)12-13(15)17-9-18-14(12)16-7-11-8-19(3)5-6-20(11)4/h9-11H,5-8H2,1-4H3,(H3,15,16,17,18). The van der Waals surface area contributed by atoms with Crippen LogP contribution in [0.15, 0.2) is 6.33 Å². The molecular weight excluding hydrogens is 252 g/mol. The monoisotopic (exact) mass is 278 g/mol. The minimum absolute atomic E-state index is 0.311. The number of nitrogens with zero attached hydrogens (tertiary/aromatic N) is 4. The van der Waals surface area contributed by atoms with Gasteiger partial charge in [0.15, 0.2) is 0 Å². The molecule has 1 unspecified atom stereocenters. The molecule has 2 rings (SSSR count). The second-order valence-electron chi connectivity index (χ2n) is 5.95. The molecule has 3 N–H and O–H groups in total. The molecule has 0 aromatic carbocycles. The first-order valence-electron chi connectivity index (χ1n) is 7.22. The van der Waals surface area contributed by atoms with Crippen molar-refractivity contribution in [2.75, 3.05) is 51.3 Å². The zero-order valence-electron chi connectivity index (χ0n) is 12.9. The fourth-order valence-corrected chi connectivity index (χ4v) is 2.66. The molecule has 0 saturated carbocycles. The number of hydrogen-bond donors (Lipinski definition) is 2. The third-order valence-corrected chi connectivity index (χ3v) is 3.98. The third kappa shape index (κ3) is 3.37. The highest BCUT2D eigenvalue weighted by atomic mass is 15.3. The van der Waals surface area contributed by atoms with Gasteiger partial charge in [-0.15, -0.1) is 0 Å². The number of nitrogens with one attached hydrogen (secondary N) is 1. The van der Waals surface area contributed by atoms with Gasteiger partial charge in [0.2, 0.25) is 0 Å². The Balaban J connectivity index is 2.05. The Labute approximate surface area is 121 Å². The van der Waals surface area contributed by atoms with Crippen molar-refractivity contribution in [1.29, 1.82) is 0 Å². The molecule has 1 fully saturated rings. The molecule has 20 heavy (non-hydrogen) atoms. The van der Waals surface area contributed by atoms with Gasteiger partial charge in [-0.3, -0.25) is 4.90 Å². The predicted molar refractivity (Wildman–Crippen MR) is 82.9 cm³/mol. The average Bonchev–Trinajstić information content (AvgIpc) is 2.39. The number of hydrogen-bond acceptors (Lipinski definition) is 6. The summed E-state index contributed by atoms with van der Waals surface area (Å²) in [5.41, 5.74) is 6.98. The summed E-state index contributed by atoms with van der Waals surface area (Å²) >= 11 is 0. The van der Waals surface area contributed by atoms with Crippen molar-refractivity contribution in [2.24, 2.45) is 0 Å². The van der Waals surface area contributed by atoms with E-state index >= 15 is 0 Å². The zero-order valence-corrected chi connectivity index (χ0v) is 12.9. The summed E-state index contributed by atoms with van der Waals surface area (Å²) in [4.78, 5) is 13.2. The molecule has 0 amide bonds. The van der Waals surface area contributed by atoms with Crippen LogP contribution in [0, 0.1) is 0 Å². The highest BCUT2D eigenvalue weighted by Gasteiger charge is 2.22. The van der Waals surface area contributed by atoms with E-state index in [9.17, 15) is 0 Å². The molecule has 6 heteroatoms. The molecule has 1 aromatic rings. The number of rotatable bonds is 4. The van der Waals surface area contributed by atoms with Crippen molar-refractivity contribution in [2.45, 2.75) is 25.8 Å². The van der Waals surface area contributed by atoms with Gasteiger partial charge in [0.05, 0.1) is 0 Å². The van der Waals surface area contributed by atoms with E-state index in [4.69, 9.17) is 5.73 Å².